The first-order valence-corrected chi connectivity index (χ1v) is 13.1. The lowest BCUT2D eigenvalue weighted by atomic mass is 10.1. The van der Waals surface area contributed by atoms with E-state index in [0.717, 1.165) is 48.8 Å². The Balaban J connectivity index is 1.29. The Morgan fingerprint density at radius 3 is 2.49 bits per heavy atom. The zero-order valence-electron chi connectivity index (χ0n) is 19.5. The fourth-order valence-electron chi connectivity index (χ4n) is 5.13. The lowest BCUT2D eigenvalue weighted by Crippen LogP contribution is -2.41. The standard InChI is InChI=1S/C28H27N5OS/c34-26(32-19-24-15-9-17-31(24)18-22-12-7-8-16-25(22)32)20-35-28-30-29-27(21-10-3-1-4-11-21)33(28)23-13-5-2-6-14-23/h1-8,10-14,16,24H,9,15,17-20H2. The van der Waals surface area contributed by atoms with E-state index in [1.54, 1.807) is 0 Å². The van der Waals surface area contributed by atoms with E-state index in [4.69, 9.17) is 0 Å². The molecular weight excluding hydrogens is 454 g/mol. The van der Waals surface area contributed by atoms with Crippen molar-refractivity contribution in [3.63, 3.8) is 0 Å². The molecule has 1 saturated heterocycles. The number of benzene rings is 3. The summed E-state index contributed by atoms with van der Waals surface area (Å²) in [5.74, 6) is 1.19. The van der Waals surface area contributed by atoms with E-state index in [9.17, 15) is 4.79 Å². The molecule has 3 heterocycles. The van der Waals surface area contributed by atoms with Crippen molar-refractivity contribution in [1.82, 2.24) is 19.7 Å². The van der Waals surface area contributed by atoms with Crippen LogP contribution in [0.4, 0.5) is 5.69 Å². The maximum atomic E-state index is 13.6. The first-order valence-electron chi connectivity index (χ1n) is 12.1. The predicted octanol–water partition coefficient (Wildman–Crippen LogP) is 5.04. The summed E-state index contributed by atoms with van der Waals surface area (Å²) in [6.07, 6.45) is 2.35. The van der Waals surface area contributed by atoms with Gasteiger partial charge in [-0.1, -0.05) is 78.5 Å². The number of amides is 1. The molecule has 35 heavy (non-hydrogen) atoms. The quantitative estimate of drug-likeness (QED) is 0.374. The number of aromatic nitrogens is 3. The number of thioether (sulfide) groups is 1. The van der Waals surface area contributed by atoms with Crippen molar-refractivity contribution in [3.8, 4) is 17.1 Å². The van der Waals surface area contributed by atoms with Crippen molar-refractivity contribution >= 4 is 23.4 Å². The van der Waals surface area contributed by atoms with Crippen LogP contribution in [0, 0.1) is 0 Å². The highest BCUT2D eigenvalue weighted by molar-refractivity contribution is 7.99. The first kappa shape index (κ1) is 22.1. The fourth-order valence-corrected chi connectivity index (χ4v) is 5.96. The van der Waals surface area contributed by atoms with Crippen LogP contribution in [0.2, 0.25) is 0 Å². The molecule has 3 aromatic carbocycles. The highest BCUT2D eigenvalue weighted by Crippen LogP contribution is 2.33. The zero-order valence-corrected chi connectivity index (χ0v) is 20.3. The van der Waals surface area contributed by atoms with Crippen LogP contribution in [0.15, 0.2) is 90.1 Å². The number of hydrogen-bond donors (Lipinski definition) is 0. The maximum absolute atomic E-state index is 13.6. The number of rotatable bonds is 5. The topological polar surface area (TPSA) is 54.3 Å². The lowest BCUT2D eigenvalue weighted by molar-refractivity contribution is -0.116. The molecular formula is C28H27N5OS. The third kappa shape index (κ3) is 4.37. The van der Waals surface area contributed by atoms with Crippen LogP contribution in [0.5, 0.6) is 0 Å². The molecule has 2 aliphatic heterocycles. The molecule has 1 atom stereocenters. The monoisotopic (exact) mass is 481 g/mol. The van der Waals surface area contributed by atoms with Crippen molar-refractivity contribution in [2.24, 2.45) is 0 Å². The summed E-state index contributed by atoms with van der Waals surface area (Å²) in [5, 5.41) is 9.72. The van der Waals surface area contributed by atoms with Crippen LogP contribution in [0.3, 0.4) is 0 Å². The van der Waals surface area contributed by atoms with Crippen LogP contribution in [-0.2, 0) is 11.3 Å². The second-order valence-corrected chi connectivity index (χ2v) is 9.97. The van der Waals surface area contributed by atoms with E-state index in [0.29, 0.717) is 17.0 Å². The number of carbonyl (C=O) groups excluding carboxylic acids is 1. The molecule has 4 aromatic rings. The molecule has 0 spiro atoms. The second kappa shape index (κ2) is 9.68. The molecule has 0 saturated carbocycles. The Morgan fingerprint density at radius 2 is 1.66 bits per heavy atom. The zero-order chi connectivity index (χ0) is 23.6. The van der Waals surface area contributed by atoms with Crippen LogP contribution < -0.4 is 4.90 Å². The van der Waals surface area contributed by atoms with Crippen LogP contribution in [-0.4, -0.2) is 50.5 Å². The average Bonchev–Trinajstić information content (AvgIpc) is 3.50. The minimum atomic E-state index is 0.111. The molecule has 0 radical (unpaired) electrons. The Bertz CT molecular complexity index is 1320. The smallest absolute Gasteiger partial charge is 0.237 e. The molecule has 1 amide bonds. The summed E-state index contributed by atoms with van der Waals surface area (Å²) in [5.41, 5.74) is 4.24. The lowest BCUT2D eigenvalue weighted by Gasteiger charge is -2.26. The van der Waals surface area contributed by atoms with Gasteiger partial charge in [-0.2, -0.15) is 0 Å². The Morgan fingerprint density at radius 1 is 0.914 bits per heavy atom. The molecule has 0 aliphatic carbocycles. The molecule has 6 nitrogen and oxygen atoms in total. The van der Waals surface area contributed by atoms with Gasteiger partial charge in [0.2, 0.25) is 5.91 Å². The number of anilines is 1. The van der Waals surface area contributed by atoms with Gasteiger partial charge in [0.1, 0.15) is 0 Å². The SMILES string of the molecule is O=C(CSc1nnc(-c2ccccc2)n1-c1ccccc1)N1CC2CCCN2Cc2ccccc21. The van der Waals surface area contributed by atoms with Crippen molar-refractivity contribution in [2.75, 3.05) is 23.7 Å². The van der Waals surface area contributed by atoms with Gasteiger partial charge in [0.25, 0.3) is 0 Å². The van der Waals surface area contributed by atoms with Crippen molar-refractivity contribution in [3.05, 3.63) is 90.5 Å². The van der Waals surface area contributed by atoms with Crippen molar-refractivity contribution in [2.45, 2.75) is 30.6 Å². The Labute approximate surface area is 209 Å². The van der Waals surface area contributed by atoms with Crippen molar-refractivity contribution < 1.29 is 4.79 Å². The van der Waals surface area contributed by atoms with E-state index >= 15 is 0 Å². The van der Waals surface area contributed by atoms with Gasteiger partial charge in [-0.25, -0.2) is 0 Å². The third-order valence-electron chi connectivity index (χ3n) is 6.85. The Kier molecular flexibility index (Phi) is 6.10. The van der Waals surface area contributed by atoms with Gasteiger partial charge in [0.05, 0.1) is 5.75 Å². The summed E-state index contributed by atoms with van der Waals surface area (Å²) >= 11 is 1.45. The normalized spacial score (nSPS) is 17.6. The molecule has 2 aliphatic rings. The maximum Gasteiger partial charge on any atom is 0.237 e. The summed E-state index contributed by atoms with van der Waals surface area (Å²) in [4.78, 5) is 18.2. The Hall–Kier alpha value is -3.42. The molecule has 176 valence electrons. The van der Waals surface area contributed by atoms with E-state index in [1.807, 2.05) is 76.2 Å². The fraction of sp³-hybridized carbons (Fsp3) is 0.250. The van der Waals surface area contributed by atoms with Gasteiger partial charge in [0, 0.05) is 36.1 Å². The van der Waals surface area contributed by atoms with Gasteiger partial charge < -0.3 is 4.90 Å². The van der Waals surface area contributed by atoms with E-state index < -0.39 is 0 Å². The number of fused-ring (bicyclic) bond motifs is 2. The van der Waals surface area contributed by atoms with Gasteiger partial charge in [-0.3, -0.25) is 14.3 Å². The van der Waals surface area contributed by atoms with Gasteiger partial charge in [0.15, 0.2) is 11.0 Å². The molecule has 6 rings (SSSR count). The number of para-hydroxylation sites is 2. The molecule has 7 heteroatoms. The molecule has 1 fully saturated rings. The highest BCUT2D eigenvalue weighted by Gasteiger charge is 2.33. The largest absolute Gasteiger partial charge is 0.310 e. The summed E-state index contributed by atoms with van der Waals surface area (Å²) in [6.45, 7) is 2.77. The van der Waals surface area contributed by atoms with Crippen LogP contribution in [0.1, 0.15) is 18.4 Å². The molecule has 0 bridgehead atoms. The molecule has 0 N–H and O–H groups in total. The number of carbonyl (C=O) groups is 1. The first-order chi connectivity index (χ1) is 17.3. The predicted molar refractivity (Wildman–Crippen MR) is 140 cm³/mol. The molecule has 1 unspecified atom stereocenters. The summed E-state index contributed by atoms with van der Waals surface area (Å²) in [6, 6.07) is 28.9. The minimum Gasteiger partial charge on any atom is -0.310 e. The van der Waals surface area contributed by atoms with Crippen LogP contribution >= 0.6 is 11.8 Å². The van der Waals surface area contributed by atoms with E-state index in [-0.39, 0.29) is 5.91 Å². The number of hydrogen-bond acceptors (Lipinski definition) is 5. The average molecular weight is 482 g/mol. The van der Waals surface area contributed by atoms with Gasteiger partial charge >= 0.3 is 0 Å². The second-order valence-electron chi connectivity index (χ2n) is 9.03. The third-order valence-corrected chi connectivity index (χ3v) is 7.77. The summed E-state index contributed by atoms with van der Waals surface area (Å²) < 4.78 is 2.04. The van der Waals surface area contributed by atoms with Crippen LogP contribution in [0.25, 0.3) is 17.1 Å². The van der Waals surface area contributed by atoms with E-state index in [2.05, 4.69) is 33.3 Å². The molecule has 1 aromatic heterocycles. The van der Waals surface area contributed by atoms with Gasteiger partial charge in [-0.15, -0.1) is 10.2 Å². The highest BCUT2D eigenvalue weighted by atomic mass is 32.2. The van der Waals surface area contributed by atoms with Crippen molar-refractivity contribution in [1.29, 1.82) is 0 Å². The van der Waals surface area contributed by atoms with E-state index in [1.165, 1.54) is 23.7 Å². The minimum absolute atomic E-state index is 0.111. The number of nitrogens with zero attached hydrogens (tertiary/aromatic N) is 5. The van der Waals surface area contributed by atoms with Gasteiger partial charge in [-0.05, 0) is 43.1 Å². The summed E-state index contributed by atoms with van der Waals surface area (Å²) in [7, 11) is 0.